The Bertz CT molecular complexity index is 1060. The van der Waals surface area contributed by atoms with E-state index in [1.54, 1.807) is 14.2 Å². The molecule has 208 valence electrons. The molecule has 1 fully saturated rings. The molecule has 0 aliphatic carbocycles. The minimum Gasteiger partial charge on any atom is -0.497 e. The van der Waals surface area contributed by atoms with Crippen LogP contribution in [0.4, 0.5) is 0 Å². The van der Waals surface area contributed by atoms with Gasteiger partial charge in [-0.15, -0.1) is 0 Å². The van der Waals surface area contributed by atoms with Gasteiger partial charge in [-0.2, -0.15) is 0 Å². The summed E-state index contributed by atoms with van der Waals surface area (Å²) in [6, 6.07) is 10.9. The first kappa shape index (κ1) is 29.8. The van der Waals surface area contributed by atoms with Gasteiger partial charge in [-0.1, -0.05) is 61.7 Å². The van der Waals surface area contributed by atoms with E-state index >= 15 is 0 Å². The number of aryl methyl sites for hydroxylation is 3. The molecule has 0 radical (unpaired) electrons. The maximum absolute atomic E-state index is 13.4. The molecule has 1 atom stereocenters. The molecule has 2 aromatic carbocycles. The Morgan fingerprint density at radius 1 is 0.947 bits per heavy atom. The summed E-state index contributed by atoms with van der Waals surface area (Å²) < 4.78 is 11.3. The second-order valence-electron chi connectivity index (χ2n) is 10.8. The van der Waals surface area contributed by atoms with Gasteiger partial charge in [0.2, 0.25) is 5.91 Å². The average Bonchev–Trinajstić information content (AvgIpc) is 2.96. The summed E-state index contributed by atoms with van der Waals surface area (Å²) in [6.07, 6.45) is 6.62. The van der Waals surface area contributed by atoms with Gasteiger partial charge < -0.3 is 19.3 Å². The molecule has 1 amide bonds. The normalized spacial score (nSPS) is 17.2. The topological polar surface area (TPSA) is 42.0 Å². The summed E-state index contributed by atoms with van der Waals surface area (Å²) in [7, 11) is 3.41. The van der Waals surface area contributed by atoms with Crippen molar-refractivity contribution in [2.75, 3.05) is 46.9 Å². The minimum absolute atomic E-state index is 0.137. The highest BCUT2D eigenvalue weighted by Crippen LogP contribution is 2.36. The van der Waals surface area contributed by atoms with Crippen molar-refractivity contribution in [1.82, 2.24) is 9.80 Å². The molecule has 5 nitrogen and oxygen atoms in total. The van der Waals surface area contributed by atoms with Gasteiger partial charge in [-0.25, -0.2) is 0 Å². The van der Waals surface area contributed by atoms with Crippen molar-refractivity contribution >= 4 is 5.91 Å². The van der Waals surface area contributed by atoms with E-state index in [9.17, 15) is 4.79 Å². The number of hydrogen-bond donors (Lipinski definition) is 0. The second kappa shape index (κ2) is 14.4. The zero-order valence-corrected chi connectivity index (χ0v) is 24.7. The predicted octanol–water partition coefficient (Wildman–Crippen LogP) is 6.49. The number of nitrogens with zero attached hydrogens (tertiary/aromatic N) is 2. The van der Waals surface area contributed by atoms with Crippen molar-refractivity contribution in [1.29, 1.82) is 0 Å². The SMILES string of the molecule is CCCN1CCN(CCc2cc(C)cc(C)c2)CC/C(=C/C(C)c2c(CC)cc(OC)cc2OC)CC1=O. The lowest BCUT2D eigenvalue weighted by Gasteiger charge is -2.26. The number of carbonyl (C=O) groups excluding carboxylic acids is 1. The van der Waals surface area contributed by atoms with Crippen LogP contribution >= 0.6 is 0 Å². The monoisotopic (exact) mass is 520 g/mol. The van der Waals surface area contributed by atoms with Gasteiger partial charge in [0.1, 0.15) is 11.5 Å². The molecule has 0 spiro atoms. The maximum Gasteiger partial charge on any atom is 0.226 e. The van der Waals surface area contributed by atoms with Crippen LogP contribution in [0.2, 0.25) is 0 Å². The van der Waals surface area contributed by atoms with Crippen LogP contribution < -0.4 is 9.47 Å². The Labute approximate surface area is 230 Å². The fourth-order valence-electron chi connectivity index (χ4n) is 5.76. The smallest absolute Gasteiger partial charge is 0.226 e. The summed E-state index contributed by atoms with van der Waals surface area (Å²) in [6.45, 7) is 15.4. The van der Waals surface area contributed by atoms with Gasteiger partial charge in [0, 0.05) is 56.7 Å². The third kappa shape index (κ3) is 8.10. The minimum atomic E-state index is 0.137. The molecule has 1 unspecified atom stereocenters. The molecule has 0 saturated carbocycles. The first-order valence-electron chi connectivity index (χ1n) is 14.3. The molecule has 5 heteroatoms. The van der Waals surface area contributed by atoms with Crippen LogP contribution in [0.15, 0.2) is 42.0 Å². The lowest BCUT2D eigenvalue weighted by Crippen LogP contribution is -2.38. The van der Waals surface area contributed by atoms with E-state index in [2.05, 4.69) is 74.8 Å². The second-order valence-corrected chi connectivity index (χ2v) is 10.8. The quantitative estimate of drug-likeness (QED) is 0.336. The number of benzene rings is 2. The van der Waals surface area contributed by atoms with Crippen LogP contribution in [0.5, 0.6) is 11.5 Å². The summed E-state index contributed by atoms with van der Waals surface area (Å²) in [5.41, 5.74) is 7.68. The van der Waals surface area contributed by atoms with Crippen LogP contribution in [0.1, 0.15) is 73.8 Å². The fraction of sp³-hybridized carbons (Fsp3) is 0.545. The lowest BCUT2D eigenvalue weighted by molar-refractivity contribution is -0.130. The van der Waals surface area contributed by atoms with Crippen LogP contribution in [-0.2, 0) is 17.6 Å². The molecule has 1 aliphatic rings. The van der Waals surface area contributed by atoms with Gasteiger partial charge >= 0.3 is 0 Å². The molecule has 2 aromatic rings. The van der Waals surface area contributed by atoms with Gasteiger partial charge in [-0.05, 0) is 56.7 Å². The molecule has 1 heterocycles. The van der Waals surface area contributed by atoms with E-state index in [-0.39, 0.29) is 11.8 Å². The van der Waals surface area contributed by atoms with Gasteiger partial charge in [-0.3, -0.25) is 4.79 Å². The molecule has 3 rings (SSSR count). The van der Waals surface area contributed by atoms with E-state index in [0.29, 0.717) is 6.42 Å². The Balaban J connectivity index is 1.85. The number of allylic oxidation sites excluding steroid dienone is 1. The zero-order chi connectivity index (χ0) is 27.7. The van der Waals surface area contributed by atoms with Crippen LogP contribution in [0, 0.1) is 13.8 Å². The van der Waals surface area contributed by atoms with E-state index in [1.165, 1.54) is 33.4 Å². The van der Waals surface area contributed by atoms with Gasteiger partial charge in [0.25, 0.3) is 0 Å². The van der Waals surface area contributed by atoms with Gasteiger partial charge in [0.15, 0.2) is 0 Å². The van der Waals surface area contributed by atoms with Crippen molar-refractivity contribution in [3.05, 3.63) is 69.8 Å². The van der Waals surface area contributed by atoms with E-state index in [0.717, 1.165) is 69.9 Å². The number of hydrogen-bond acceptors (Lipinski definition) is 4. The molecule has 38 heavy (non-hydrogen) atoms. The molecule has 1 aliphatic heterocycles. The Morgan fingerprint density at radius 2 is 1.68 bits per heavy atom. The third-order valence-electron chi connectivity index (χ3n) is 7.64. The van der Waals surface area contributed by atoms with Crippen LogP contribution in [-0.4, -0.2) is 62.7 Å². The fourth-order valence-corrected chi connectivity index (χ4v) is 5.76. The Morgan fingerprint density at radius 3 is 2.32 bits per heavy atom. The highest BCUT2D eigenvalue weighted by Gasteiger charge is 2.22. The van der Waals surface area contributed by atoms with Crippen molar-refractivity contribution in [2.45, 2.75) is 72.6 Å². The number of carbonyl (C=O) groups is 1. The van der Waals surface area contributed by atoms with Crippen LogP contribution in [0.3, 0.4) is 0 Å². The third-order valence-corrected chi connectivity index (χ3v) is 7.64. The number of amides is 1. The van der Waals surface area contributed by atoms with Crippen molar-refractivity contribution < 1.29 is 14.3 Å². The molecular formula is C33H48N2O3. The number of methoxy groups -OCH3 is 2. The van der Waals surface area contributed by atoms with Crippen molar-refractivity contribution in [2.24, 2.45) is 0 Å². The van der Waals surface area contributed by atoms with E-state index in [4.69, 9.17) is 9.47 Å². The first-order valence-corrected chi connectivity index (χ1v) is 14.3. The Hall–Kier alpha value is -2.79. The predicted molar refractivity (Wildman–Crippen MR) is 158 cm³/mol. The zero-order valence-electron chi connectivity index (χ0n) is 24.7. The standard InChI is InChI=1S/C33H48N2O3/c1-8-12-35-16-15-34(13-10-27-18-24(3)17-25(4)19-27)14-11-28(21-32(35)36)20-26(5)33-29(9-2)22-30(37-6)23-31(33)38-7/h17-20,22-23,26H,8-16,21H2,1-7H3/b28-20-. The lowest BCUT2D eigenvalue weighted by atomic mass is 9.90. The summed E-state index contributed by atoms with van der Waals surface area (Å²) in [5, 5.41) is 0. The summed E-state index contributed by atoms with van der Waals surface area (Å²) in [5.74, 6) is 2.05. The van der Waals surface area contributed by atoms with E-state index in [1.807, 2.05) is 6.07 Å². The van der Waals surface area contributed by atoms with Crippen molar-refractivity contribution in [3.63, 3.8) is 0 Å². The first-order chi connectivity index (χ1) is 18.3. The van der Waals surface area contributed by atoms with E-state index < -0.39 is 0 Å². The molecule has 0 bridgehead atoms. The highest BCUT2D eigenvalue weighted by atomic mass is 16.5. The van der Waals surface area contributed by atoms with Crippen molar-refractivity contribution in [3.8, 4) is 11.5 Å². The summed E-state index contributed by atoms with van der Waals surface area (Å²) in [4.78, 5) is 18.0. The van der Waals surface area contributed by atoms with Crippen LogP contribution in [0.25, 0.3) is 0 Å². The molecule has 0 aromatic heterocycles. The molecular weight excluding hydrogens is 472 g/mol. The maximum atomic E-state index is 13.4. The summed E-state index contributed by atoms with van der Waals surface area (Å²) >= 11 is 0. The largest absolute Gasteiger partial charge is 0.497 e. The molecule has 1 saturated heterocycles. The molecule has 0 N–H and O–H groups in total. The highest BCUT2D eigenvalue weighted by molar-refractivity contribution is 5.79. The Kier molecular flexibility index (Phi) is 11.3. The number of ether oxygens (including phenoxy) is 2. The van der Waals surface area contributed by atoms with Gasteiger partial charge in [0.05, 0.1) is 14.2 Å². The number of rotatable bonds is 10. The average molecular weight is 521 g/mol.